The van der Waals surface area contributed by atoms with Crippen LogP contribution in [0.1, 0.15) is 6.42 Å². The van der Waals surface area contributed by atoms with Crippen LogP contribution in [0.15, 0.2) is 87.2 Å². The lowest BCUT2D eigenvalue weighted by molar-refractivity contribution is -0.384. The normalized spacial score (nSPS) is 11.3. The van der Waals surface area contributed by atoms with Gasteiger partial charge in [0.05, 0.1) is 39.9 Å². The summed E-state index contributed by atoms with van der Waals surface area (Å²) in [6.45, 7) is 0.962. The molecular weight excluding hydrogens is 480 g/mol. The molecule has 180 valence electrons. The van der Waals surface area contributed by atoms with Crippen LogP contribution in [0, 0.1) is 21.4 Å². The molecular formula is C24H20N8O3S. The van der Waals surface area contributed by atoms with Gasteiger partial charge < -0.3 is 10.0 Å². The van der Waals surface area contributed by atoms with Crippen molar-refractivity contribution >= 4 is 55.1 Å². The van der Waals surface area contributed by atoms with Gasteiger partial charge in [-0.25, -0.2) is 4.98 Å². The fourth-order valence-electron chi connectivity index (χ4n) is 3.30. The Morgan fingerprint density at radius 3 is 2.39 bits per heavy atom. The maximum Gasteiger partial charge on any atom is 0.270 e. The van der Waals surface area contributed by atoms with E-state index in [0.717, 1.165) is 5.69 Å². The number of thiazole rings is 1. The van der Waals surface area contributed by atoms with Crippen LogP contribution in [-0.2, 0) is 0 Å². The predicted octanol–water partition coefficient (Wildman–Crippen LogP) is 6.75. The highest BCUT2D eigenvalue weighted by molar-refractivity contribution is 7.21. The summed E-state index contributed by atoms with van der Waals surface area (Å²) in [6, 6.07) is 21.0. The third-order valence-corrected chi connectivity index (χ3v) is 5.95. The first kappa shape index (κ1) is 24.5. The smallest absolute Gasteiger partial charge is 0.270 e. The Labute approximate surface area is 209 Å². The number of azo groups is 2. The molecule has 1 heterocycles. The van der Waals surface area contributed by atoms with Crippen LogP contribution < -0.4 is 4.90 Å². The standard InChI is InChI=1S/C24H20N8O3S/c25-12-3-13-31(14-15-33)18-8-6-17(7-9-18)27-28-20-4-1-2-5-21(20)29-30-24-26-22-11-10-19(32(34)35)16-23(22)36-24/h1-2,4-11,16,33H,3,13-15H2. The number of nitro groups is 1. The lowest BCUT2D eigenvalue weighted by atomic mass is 10.2. The number of nitriles is 1. The van der Waals surface area contributed by atoms with Crippen LogP contribution in [0.3, 0.4) is 0 Å². The summed E-state index contributed by atoms with van der Waals surface area (Å²) in [4.78, 5) is 16.8. The zero-order valence-electron chi connectivity index (χ0n) is 18.9. The zero-order chi connectivity index (χ0) is 25.3. The monoisotopic (exact) mass is 500 g/mol. The molecule has 0 aliphatic rings. The number of nitro benzene ring substituents is 1. The van der Waals surface area contributed by atoms with E-state index in [4.69, 9.17) is 5.26 Å². The van der Waals surface area contributed by atoms with Crippen LogP contribution in [0.4, 0.5) is 33.6 Å². The highest BCUT2D eigenvalue weighted by atomic mass is 32.1. The molecule has 0 bridgehead atoms. The molecule has 0 saturated heterocycles. The average molecular weight is 501 g/mol. The Kier molecular flexibility index (Phi) is 7.97. The van der Waals surface area contributed by atoms with Crippen LogP contribution in [0.5, 0.6) is 0 Å². The molecule has 4 rings (SSSR count). The molecule has 0 spiro atoms. The van der Waals surface area contributed by atoms with Gasteiger partial charge in [-0.2, -0.15) is 10.4 Å². The van der Waals surface area contributed by atoms with E-state index in [2.05, 4.69) is 31.5 Å². The number of anilines is 1. The van der Waals surface area contributed by atoms with E-state index in [1.165, 1.54) is 23.5 Å². The molecule has 0 fully saturated rings. The fourth-order valence-corrected chi connectivity index (χ4v) is 4.13. The van der Waals surface area contributed by atoms with Crippen molar-refractivity contribution in [3.63, 3.8) is 0 Å². The van der Waals surface area contributed by atoms with Crippen molar-refractivity contribution in [2.45, 2.75) is 6.42 Å². The summed E-state index contributed by atoms with van der Waals surface area (Å²) in [7, 11) is 0. The minimum Gasteiger partial charge on any atom is -0.395 e. The minimum absolute atomic E-state index is 0.00305. The molecule has 12 heteroatoms. The topological polar surface area (TPSA) is 153 Å². The number of fused-ring (bicyclic) bond motifs is 1. The summed E-state index contributed by atoms with van der Waals surface area (Å²) in [5.41, 5.74) is 3.13. The first-order valence-corrected chi connectivity index (χ1v) is 11.7. The molecule has 0 radical (unpaired) electrons. The van der Waals surface area contributed by atoms with Crippen molar-refractivity contribution in [1.29, 1.82) is 5.26 Å². The predicted molar refractivity (Wildman–Crippen MR) is 137 cm³/mol. The van der Waals surface area contributed by atoms with Gasteiger partial charge >= 0.3 is 0 Å². The number of aromatic nitrogens is 1. The van der Waals surface area contributed by atoms with E-state index in [1.54, 1.807) is 36.4 Å². The maximum atomic E-state index is 11.0. The second-order valence-electron chi connectivity index (χ2n) is 7.43. The number of non-ortho nitro benzene ring substituents is 1. The fraction of sp³-hybridized carbons (Fsp3) is 0.167. The second-order valence-corrected chi connectivity index (χ2v) is 8.44. The van der Waals surface area contributed by atoms with Gasteiger partial charge in [0, 0.05) is 30.9 Å². The van der Waals surface area contributed by atoms with Crippen LogP contribution in [-0.4, -0.2) is 34.7 Å². The second kappa shape index (κ2) is 11.7. The number of rotatable bonds is 10. The van der Waals surface area contributed by atoms with Crippen LogP contribution >= 0.6 is 11.3 Å². The molecule has 0 saturated carbocycles. The molecule has 0 atom stereocenters. The van der Waals surface area contributed by atoms with Gasteiger partial charge in [0.2, 0.25) is 5.13 Å². The van der Waals surface area contributed by atoms with Gasteiger partial charge in [-0.1, -0.05) is 23.5 Å². The summed E-state index contributed by atoms with van der Waals surface area (Å²) < 4.78 is 0.653. The van der Waals surface area contributed by atoms with E-state index in [-0.39, 0.29) is 12.3 Å². The highest BCUT2D eigenvalue weighted by Gasteiger charge is 2.10. The first-order valence-electron chi connectivity index (χ1n) is 10.9. The first-order chi connectivity index (χ1) is 17.6. The van der Waals surface area contributed by atoms with E-state index in [0.29, 0.717) is 51.9 Å². The van der Waals surface area contributed by atoms with Crippen molar-refractivity contribution in [2.24, 2.45) is 20.5 Å². The van der Waals surface area contributed by atoms with Gasteiger partial charge in [0.15, 0.2) is 0 Å². The van der Waals surface area contributed by atoms with Gasteiger partial charge in [0.25, 0.3) is 5.69 Å². The quantitative estimate of drug-likeness (QED) is 0.144. The number of aliphatic hydroxyl groups excluding tert-OH is 1. The molecule has 4 aromatic rings. The Bertz CT molecular complexity index is 1460. The molecule has 0 amide bonds. The molecule has 3 aromatic carbocycles. The van der Waals surface area contributed by atoms with Gasteiger partial charge in [-0.3, -0.25) is 10.1 Å². The van der Waals surface area contributed by atoms with Crippen molar-refractivity contribution in [3.05, 3.63) is 76.8 Å². The van der Waals surface area contributed by atoms with Crippen molar-refractivity contribution < 1.29 is 10.0 Å². The number of nitrogens with zero attached hydrogens (tertiary/aromatic N) is 8. The van der Waals surface area contributed by atoms with Crippen molar-refractivity contribution in [3.8, 4) is 6.07 Å². The third kappa shape index (κ3) is 6.09. The SMILES string of the molecule is N#CCCN(CCO)c1ccc(N=Nc2ccccc2N=Nc2nc3ccc([N+](=O)[O-])cc3s2)cc1. The summed E-state index contributed by atoms with van der Waals surface area (Å²) >= 11 is 1.21. The molecule has 1 N–H and O–H groups in total. The van der Waals surface area contributed by atoms with Crippen molar-refractivity contribution in [1.82, 2.24) is 4.98 Å². The lowest BCUT2D eigenvalue weighted by Gasteiger charge is -2.22. The molecule has 0 unspecified atom stereocenters. The summed E-state index contributed by atoms with van der Waals surface area (Å²) in [5.74, 6) is 0. The van der Waals surface area contributed by atoms with E-state index < -0.39 is 4.92 Å². The lowest BCUT2D eigenvalue weighted by Crippen LogP contribution is -2.27. The molecule has 1 aromatic heterocycles. The van der Waals surface area contributed by atoms with E-state index >= 15 is 0 Å². The number of aliphatic hydroxyl groups is 1. The summed E-state index contributed by atoms with van der Waals surface area (Å²) in [6.07, 6.45) is 0.365. The molecule has 0 aliphatic heterocycles. The average Bonchev–Trinajstić information content (AvgIpc) is 3.31. The van der Waals surface area contributed by atoms with Crippen LogP contribution in [0.2, 0.25) is 0 Å². The van der Waals surface area contributed by atoms with Gasteiger partial charge in [-0.05, 0) is 42.5 Å². The van der Waals surface area contributed by atoms with E-state index in [9.17, 15) is 15.2 Å². The Balaban J connectivity index is 1.50. The third-order valence-electron chi connectivity index (χ3n) is 5.05. The number of hydrogen-bond acceptors (Lipinski definition) is 11. The largest absolute Gasteiger partial charge is 0.395 e. The Hall–Kier alpha value is -4.60. The van der Waals surface area contributed by atoms with E-state index in [1.807, 2.05) is 23.1 Å². The van der Waals surface area contributed by atoms with Gasteiger partial charge in [-0.15, -0.1) is 15.3 Å². The van der Waals surface area contributed by atoms with Crippen LogP contribution in [0.25, 0.3) is 10.2 Å². The molecule has 11 nitrogen and oxygen atoms in total. The van der Waals surface area contributed by atoms with Gasteiger partial charge in [0.1, 0.15) is 11.4 Å². The van der Waals surface area contributed by atoms with Crippen molar-refractivity contribution in [2.75, 3.05) is 24.6 Å². The molecule has 0 aliphatic carbocycles. The molecule has 36 heavy (non-hydrogen) atoms. The maximum absolute atomic E-state index is 11.0. The minimum atomic E-state index is -0.449. The highest BCUT2D eigenvalue weighted by Crippen LogP contribution is 2.34. The summed E-state index contributed by atoms with van der Waals surface area (Å²) in [5, 5.41) is 46.5. The zero-order valence-corrected chi connectivity index (χ0v) is 19.7. The Morgan fingerprint density at radius 1 is 1.00 bits per heavy atom. The number of benzene rings is 3. The Morgan fingerprint density at radius 2 is 1.72 bits per heavy atom. The number of hydrogen-bond donors (Lipinski definition) is 1.